The van der Waals surface area contributed by atoms with Crippen molar-refractivity contribution < 1.29 is 9.53 Å². The number of methoxy groups -OCH3 is 1. The van der Waals surface area contributed by atoms with E-state index in [0.717, 1.165) is 12.1 Å². The molecule has 100 valence electrons. The van der Waals surface area contributed by atoms with Gasteiger partial charge in [0.1, 0.15) is 5.60 Å². The number of anilines is 1. The molecule has 1 rings (SSSR count). The molecule has 1 atom stereocenters. The van der Waals surface area contributed by atoms with Crippen LogP contribution < -0.4 is 11.1 Å². The smallest absolute Gasteiger partial charge is 0.256 e. The largest absolute Gasteiger partial charge is 0.369 e. The molecule has 0 aromatic heterocycles. The van der Waals surface area contributed by atoms with Gasteiger partial charge in [0.25, 0.3) is 5.91 Å². The van der Waals surface area contributed by atoms with Crippen LogP contribution in [-0.4, -0.2) is 25.2 Å². The Morgan fingerprint density at radius 3 is 2.44 bits per heavy atom. The van der Waals surface area contributed by atoms with Gasteiger partial charge in [0.05, 0.1) is 0 Å². The first kappa shape index (κ1) is 14.7. The van der Waals surface area contributed by atoms with Crippen LogP contribution in [0.25, 0.3) is 0 Å². The Labute approximate surface area is 109 Å². The Morgan fingerprint density at radius 2 is 2.00 bits per heavy atom. The number of rotatable bonds is 6. The second-order valence-electron chi connectivity index (χ2n) is 4.48. The zero-order valence-corrected chi connectivity index (χ0v) is 11.3. The quantitative estimate of drug-likeness (QED) is 0.811. The van der Waals surface area contributed by atoms with Crippen LogP contribution in [0.1, 0.15) is 25.8 Å². The number of carbonyl (C=O) groups is 1. The van der Waals surface area contributed by atoms with E-state index in [4.69, 9.17) is 10.5 Å². The van der Waals surface area contributed by atoms with Gasteiger partial charge in [-0.05, 0) is 44.0 Å². The summed E-state index contributed by atoms with van der Waals surface area (Å²) in [6, 6.07) is 7.71. The number of hydrogen-bond donors (Lipinski definition) is 2. The third-order valence-electron chi connectivity index (χ3n) is 3.25. The van der Waals surface area contributed by atoms with Crippen LogP contribution in [0.5, 0.6) is 0 Å². The van der Waals surface area contributed by atoms with Gasteiger partial charge in [-0.1, -0.05) is 19.1 Å². The summed E-state index contributed by atoms with van der Waals surface area (Å²) in [7, 11) is 1.55. The van der Waals surface area contributed by atoms with E-state index in [-0.39, 0.29) is 5.91 Å². The normalized spacial score (nSPS) is 14.0. The second-order valence-corrected chi connectivity index (χ2v) is 4.48. The summed E-state index contributed by atoms with van der Waals surface area (Å²) in [6.45, 7) is 4.34. The second kappa shape index (κ2) is 6.52. The molecule has 0 spiro atoms. The number of hydrogen-bond acceptors (Lipinski definition) is 3. The van der Waals surface area contributed by atoms with E-state index in [2.05, 4.69) is 5.32 Å². The fourth-order valence-corrected chi connectivity index (χ4v) is 1.58. The molecule has 4 heteroatoms. The van der Waals surface area contributed by atoms with E-state index in [1.807, 2.05) is 31.2 Å². The summed E-state index contributed by atoms with van der Waals surface area (Å²) >= 11 is 0. The van der Waals surface area contributed by atoms with Crippen LogP contribution in [0, 0.1) is 0 Å². The molecular weight excluding hydrogens is 228 g/mol. The predicted octanol–water partition coefficient (Wildman–Crippen LogP) is 1.94. The summed E-state index contributed by atoms with van der Waals surface area (Å²) in [4.78, 5) is 12.1. The average Bonchev–Trinajstić information content (AvgIpc) is 2.40. The fourth-order valence-electron chi connectivity index (χ4n) is 1.58. The Balaban J connectivity index is 2.70. The van der Waals surface area contributed by atoms with Crippen molar-refractivity contribution in [2.45, 2.75) is 32.3 Å². The minimum absolute atomic E-state index is 0.126. The summed E-state index contributed by atoms with van der Waals surface area (Å²) in [5, 5.41) is 2.86. The molecule has 1 aromatic carbocycles. The molecule has 3 N–H and O–H groups in total. The SMILES string of the molecule is CCC(C)(OC)C(=O)Nc1ccc(CCN)cc1. The van der Waals surface area contributed by atoms with Crippen molar-refractivity contribution in [3.05, 3.63) is 29.8 Å². The average molecular weight is 250 g/mol. The van der Waals surface area contributed by atoms with Gasteiger partial charge in [-0.15, -0.1) is 0 Å². The van der Waals surface area contributed by atoms with Gasteiger partial charge < -0.3 is 15.8 Å². The molecule has 1 unspecified atom stereocenters. The highest BCUT2D eigenvalue weighted by molar-refractivity contribution is 5.97. The van der Waals surface area contributed by atoms with Gasteiger partial charge in [-0.3, -0.25) is 4.79 Å². The minimum atomic E-state index is -0.782. The van der Waals surface area contributed by atoms with Crippen molar-refractivity contribution in [2.24, 2.45) is 5.73 Å². The lowest BCUT2D eigenvalue weighted by Crippen LogP contribution is -2.41. The Hall–Kier alpha value is -1.39. The van der Waals surface area contributed by atoms with Crippen LogP contribution in [0.15, 0.2) is 24.3 Å². The van der Waals surface area contributed by atoms with Crippen LogP contribution in [-0.2, 0) is 16.0 Å². The van der Waals surface area contributed by atoms with Crippen molar-refractivity contribution >= 4 is 11.6 Å². The number of carbonyl (C=O) groups excluding carboxylic acids is 1. The molecule has 0 heterocycles. The lowest BCUT2D eigenvalue weighted by molar-refractivity contribution is -0.136. The van der Waals surface area contributed by atoms with Crippen molar-refractivity contribution in [2.75, 3.05) is 19.0 Å². The summed E-state index contributed by atoms with van der Waals surface area (Å²) in [5.74, 6) is -0.126. The maximum absolute atomic E-state index is 12.1. The molecular formula is C14H22N2O2. The molecule has 0 aliphatic carbocycles. The van der Waals surface area contributed by atoms with Gasteiger partial charge in [0.2, 0.25) is 0 Å². The van der Waals surface area contributed by atoms with Gasteiger partial charge in [0.15, 0.2) is 0 Å². The number of nitrogens with one attached hydrogen (secondary N) is 1. The molecule has 0 radical (unpaired) electrons. The standard InChI is InChI=1S/C14H22N2O2/c1-4-14(2,18-3)13(17)16-12-7-5-11(6-8-12)9-10-15/h5-8H,4,9-10,15H2,1-3H3,(H,16,17). The molecule has 0 aliphatic heterocycles. The summed E-state index contributed by atoms with van der Waals surface area (Å²) in [6.07, 6.45) is 1.47. The lowest BCUT2D eigenvalue weighted by atomic mass is 10.0. The molecule has 0 bridgehead atoms. The Bertz CT molecular complexity index is 383. The first-order chi connectivity index (χ1) is 8.55. The van der Waals surface area contributed by atoms with Crippen LogP contribution in [0.2, 0.25) is 0 Å². The van der Waals surface area contributed by atoms with Crippen LogP contribution in [0.4, 0.5) is 5.69 Å². The number of amides is 1. The number of nitrogens with two attached hydrogens (primary N) is 1. The third kappa shape index (κ3) is 3.55. The minimum Gasteiger partial charge on any atom is -0.369 e. The van der Waals surface area contributed by atoms with Crippen molar-refractivity contribution in [3.8, 4) is 0 Å². The summed E-state index contributed by atoms with van der Waals surface area (Å²) in [5.41, 5.74) is 6.65. The Morgan fingerprint density at radius 1 is 1.39 bits per heavy atom. The third-order valence-corrected chi connectivity index (χ3v) is 3.25. The topological polar surface area (TPSA) is 64.3 Å². The molecule has 0 saturated carbocycles. The van der Waals surface area contributed by atoms with Crippen molar-refractivity contribution in [1.29, 1.82) is 0 Å². The number of benzene rings is 1. The van der Waals surface area contributed by atoms with E-state index in [1.165, 1.54) is 5.56 Å². The van der Waals surface area contributed by atoms with Crippen LogP contribution >= 0.6 is 0 Å². The van der Waals surface area contributed by atoms with E-state index >= 15 is 0 Å². The lowest BCUT2D eigenvalue weighted by Gasteiger charge is -2.25. The first-order valence-electron chi connectivity index (χ1n) is 6.21. The zero-order valence-electron chi connectivity index (χ0n) is 11.3. The van der Waals surface area contributed by atoms with Crippen LogP contribution in [0.3, 0.4) is 0 Å². The van der Waals surface area contributed by atoms with Gasteiger partial charge in [-0.2, -0.15) is 0 Å². The highest BCUT2D eigenvalue weighted by Crippen LogP contribution is 2.18. The van der Waals surface area contributed by atoms with Crippen molar-refractivity contribution in [3.63, 3.8) is 0 Å². The van der Waals surface area contributed by atoms with E-state index in [1.54, 1.807) is 14.0 Å². The monoisotopic (exact) mass is 250 g/mol. The highest BCUT2D eigenvalue weighted by Gasteiger charge is 2.30. The molecule has 1 amide bonds. The van der Waals surface area contributed by atoms with Gasteiger partial charge in [-0.25, -0.2) is 0 Å². The van der Waals surface area contributed by atoms with Gasteiger partial charge >= 0.3 is 0 Å². The number of ether oxygens (including phenoxy) is 1. The molecule has 0 aliphatic rings. The molecule has 4 nitrogen and oxygen atoms in total. The molecule has 0 saturated heterocycles. The molecule has 18 heavy (non-hydrogen) atoms. The van der Waals surface area contributed by atoms with E-state index in [9.17, 15) is 4.79 Å². The fraction of sp³-hybridized carbons (Fsp3) is 0.500. The maximum Gasteiger partial charge on any atom is 0.256 e. The molecule has 0 fully saturated rings. The Kier molecular flexibility index (Phi) is 5.31. The predicted molar refractivity (Wildman–Crippen MR) is 73.5 cm³/mol. The summed E-state index contributed by atoms with van der Waals surface area (Å²) < 4.78 is 5.25. The van der Waals surface area contributed by atoms with Crippen molar-refractivity contribution in [1.82, 2.24) is 0 Å². The molecule has 1 aromatic rings. The van der Waals surface area contributed by atoms with Gasteiger partial charge in [0, 0.05) is 12.8 Å². The van der Waals surface area contributed by atoms with E-state index < -0.39 is 5.60 Å². The maximum atomic E-state index is 12.1. The van der Waals surface area contributed by atoms with E-state index in [0.29, 0.717) is 13.0 Å². The first-order valence-corrected chi connectivity index (χ1v) is 6.21. The zero-order chi connectivity index (χ0) is 13.6. The highest BCUT2D eigenvalue weighted by atomic mass is 16.5.